The Labute approximate surface area is 112 Å². The van der Waals surface area contributed by atoms with Crippen LogP contribution in [0.1, 0.15) is 20.8 Å². The number of carbonyl (C=O) groups excluding carboxylic acids is 1. The van der Waals surface area contributed by atoms with Crippen molar-refractivity contribution in [2.75, 3.05) is 6.61 Å². The molecular weight excluding hydrogens is 242 g/mol. The molecule has 0 aliphatic heterocycles. The molecule has 0 atom stereocenters. The Bertz CT molecular complexity index is 593. The predicted molar refractivity (Wildman–Crippen MR) is 71.4 cm³/mol. The molecule has 1 heterocycles. The van der Waals surface area contributed by atoms with Crippen LogP contribution in [0.3, 0.4) is 0 Å². The first-order chi connectivity index (χ1) is 9.03. The van der Waals surface area contributed by atoms with Gasteiger partial charge in [-0.05, 0) is 32.2 Å². The molecule has 0 unspecified atom stereocenters. The van der Waals surface area contributed by atoms with Crippen molar-refractivity contribution >= 4 is 16.7 Å². The quantitative estimate of drug-likeness (QED) is 0.622. The third-order valence-corrected chi connectivity index (χ3v) is 2.76. The molecule has 0 spiro atoms. The number of pyridine rings is 1. The summed E-state index contributed by atoms with van der Waals surface area (Å²) in [6, 6.07) is 9.90. The van der Waals surface area contributed by atoms with Gasteiger partial charge in [0.1, 0.15) is 0 Å². The molecule has 2 rings (SSSR count). The largest absolute Gasteiger partial charge is 0.463 e. The molecule has 19 heavy (non-hydrogen) atoms. The van der Waals surface area contributed by atoms with Gasteiger partial charge in [-0.3, -0.25) is 4.84 Å². The molecule has 0 radical (unpaired) electrons. The van der Waals surface area contributed by atoms with Crippen molar-refractivity contribution in [3.8, 4) is 0 Å². The van der Waals surface area contributed by atoms with Crippen LogP contribution in [0, 0.1) is 0 Å². The zero-order valence-corrected chi connectivity index (χ0v) is 11.4. The van der Waals surface area contributed by atoms with Crippen LogP contribution in [0.15, 0.2) is 42.7 Å². The molecule has 0 aliphatic rings. The van der Waals surface area contributed by atoms with Gasteiger partial charge in [0, 0.05) is 10.8 Å². The number of aromatic nitrogens is 1. The van der Waals surface area contributed by atoms with Crippen molar-refractivity contribution in [2.45, 2.75) is 26.4 Å². The maximum absolute atomic E-state index is 11.8. The van der Waals surface area contributed by atoms with Gasteiger partial charge in [-0.25, -0.2) is 4.79 Å². The number of benzene rings is 1. The standard InChI is InChI=1S/C15H18NO3/c1-4-18-14(17)15(2,3)19-16-10-9-12-7-5-6-8-13(12)11-16/h5-11H,4H2,1-3H3/q+1. The number of esters is 1. The zero-order valence-electron chi connectivity index (χ0n) is 11.4. The molecule has 4 nitrogen and oxygen atoms in total. The number of rotatable bonds is 4. The summed E-state index contributed by atoms with van der Waals surface area (Å²) in [7, 11) is 0. The predicted octanol–water partition coefficient (Wildman–Crippen LogP) is 1.90. The lowest BCUT2D eigenvalue weighted by atomic mass is 10.1. The van der Waals surface area contributed by atoms with E-state index in [1.165, 1.54) is 0 Å². The molecule has 1 aromatic heterocycles. The van der Waals surface area contributed by atoms with Crippen LogP contribution in [-0.4, -0.2) is 18.2 Å². The van der Waals surface area contributed by atoms with E-state index in [1.54, 1.807) is 31.7 Å². The van der Waals surface area contributed by atoms with E-state index >= 15 is 0 Å². The van der Waals surface area contributed by atoms with Gasteiger partial charge >= 0.3 is 5.97 Å². The minimum atomic E-state index is -1.02. The molecular formula is C15H18NO3+. The summed E-state index contributed by atoms with van der Waals surface area (Å²) in [6.07, 6.45) is 3.62. The first-order valence-corrected chi connectivity index (χ1v) is 6.30. The normalized spacial score (nSPS) is 11.3. The van der Waals surface area contributed by atoms with Gasteiger partial charge in [0.05, 0.1) is 12.0 Å². The lowest BCUT2D eigenvalue weighted by molar-refractivity contribution is -0.902. The molecule has 0 bridgehead atoms. The summed E-state index contributed by atoms with van der Waals surface area (Å²) in [6.45, 7) is 5.49. The van der Waals surface area contributed by atoms with Gasteiger partial charge in [0.15, 0.2) is 0 Å². The second kappa shape index (κ2) is 5.26. The van der Waals surface area contributed by atoms with Gasteiger partial charge in [-0.15, -0.1) is 0 Å². The average Bonchev–Trinajstić information content (AvgIpc) is 2.38. The summed E-state index contributed by atoms with van der Waals surface area (Å²) in [5, 5.41) is 2.17. The monoisotopic (exact) mass is 260 g/mol. The maximum atomic E-state index is 11.8. The molecule has 0 N–H and O–H groups in total. The van der Waals surface area contributed by atoms with Crippen LogP contribution in [0.2, 0.25) is 0 Å². The molecule has 1 aromatic carbocycles. The van der Waals surface area contributed by atoms with Crippen LogP contribution in [0.25, 0.3) is 10.8 Å². The molecule has 0 aliphatic carbocycles. The molecule has 0 saturated heterocycles. The van der Waals surface area contributed by atoms with Crippen LogP contribution >= 0.6 is 0 Å². The highest BCUT2D eigenvalue weighted by atomic mass is 16.7. The SMILES string of the molecule is CCOC(=O)C(C)(C)O[n+]1ccc2ccccc2c1. The van der Waals surface area contributed by atoms with Gasteiger partial charge in [-0.2, -0.15) is 0 Å². The first-order valence-electron chi connectivity index (χ1n) is 6.30. The van der Waals surface area contributed by atoms with E-state index in [2.05, 4.69) is 0 Å². The van der Waals surface area contributed by atoms with E-state index < -0.39 is 5.60 Å². The number of ether oxygens (including phenoxy) is 1. The van der Waals surface area contributed by atoms with E-state index in [9.17, 15) is 4.79 Å². The lowest BCUT2D eigenvalue weighted by Crippen LogP contribution is -2.56. The van der Waals surface area contributed by atoms with E-state index in [0.717, 1.165) is 10.8 Å². The summed E-state index contributed by atoms with van der Waals surface area (Å²) in [5.74, 6) is -0.379. The Hall–Kier alpha value is -2.10. The van der Waals surface area contributed by atoms with Crippen molar-refractivity contribution in [3.05, 3.63) is 42.7 Å². The van der Waals surface area contributed by atoms with E-state index in [-0.39, 0.29) is 5.97 Å². The van der Waals surface area contributed by atoms with Gasteiger partial charge in [0.2, 0.25) is 12.4 Å². The fourth-order valence-corrected chi connectivity index (χ4v) is 1.78. The van der Waals surface area contributed by atoms with Crippen LogP contribution in [0.5, 0.6) is 0 Å². The minimum Gasteiger partial charge on any atom is -0.463 e. The summed E-state index contributed by atoms with van der Waals surface area (Å²) < 4.78 is 6.53. The molecule has 4 heteroatoms. The topological polar surface area (TPSA) is 39.4 Å². The van der Waals surface area contributed by atoms with E-state index in [0.29, 0.717) is 6.61 Å². The maximum Gasteiger partial charge on any atom is 0.357 e. The Morgan fingerprint density at radius 3 is 2.58 bits per heavy atom. The van der Waals surface area contributed by atoms with Crippen molar-refractivity contribution in [3.63, 3.8) is 0 Å². The van der Waals surface area contributed by atoms with Crippen LogP contribution < -0.4 is 9.57 Å². The Kier molecular flexibility index (Phi) is 3.69. The minimum absolute atomic E-state index is 0.341. The van der Waals surface area contributed by atoms with Crippen molar-refractivity contribution in [1.82, 2.24) is 0 Å². The Morgan fingerprint density at radius 1 is 1.21 bits per heavy atom. The molecule has 0 fully saturated rings. The summed E-state index contributed by atoms with van der Waals surface area (Å²) in [4.78, 5) is 17.4. The lowest BCUT2D eigenvalue weighted by Gasteiger charge is -2.17. The number of carbonyl (C=O) groups is 1. The van der Waals surface area contributed by atoms with Crippen molar-refractivity contribution in [1.29, 1.82) is 0 Å². The molecule has 0 saturated carbocycles. The van der Waals surface area contributed by atoms with Crippen molar-refractivity contribution in [2.24, 2.45) is 0 Å². The molecule has 2 aromatic rings. The van der Waals surface area contributed by atoms with Gasteiger partial charge in [-0.1, -0.05) is 18.2 Å². The number of hydrogen-bond donors (Lipinski definition) is 0. The van der Waals surface area contributed by atoms with E-state index in [1.807, 2.05) is 36.5 Å². The van der Waals surface area contributed by atoms with Gasteiger partial charge in [0.25, 0.3) is 5.60 Å². The second-order valence-electron chi connectivity index (χ2n) is 4.76. The number of hydrogen-bond acceptors (Lipinski definition) is 3. The van der Waals surface area contributed by atoms with Crippen molar-refractivity contribution < 1.29 is 19.1 Å². The molecule has 0 amide bonds. The number of nitrogens with zero attached hydrogens (tertiary/aromatic N) is 1. The summed E-state index contributed by atoms with van der Waals surface area (Å²) >= 11 is 0. The third-order valence-electron chi connectivity index (χ3n) is 2.76. The Morgan fingerprint density at radius 2 is 1.89 bits per heavy atom. The highest BCUT2D eigenvalue weighted by Gasteiger charge is 2.36. The zero-order chi connectivity index (χ0) is 13.9. The van der Waals surface area contributed by atoms with Gasteiger partial charge < -0.3 is 4.74 Å². The third kappa shape index (κ3) is 3.02. The highest BCUT2D eigenvalue weighted by molar-refractivity contribution is 5.80. The van der Waals surface area contributed by atoms with Crippen LogP contribution in [-0.2, 0) is 9.53 Å². The van der Waals surface area contributed by atoms with Crippen LogP contribution in [0.4, 0.5) is 0 Å². The number of fused-ring (bicyclic) bond motifs is 1. The first kappa shape index (κ1) is 13.3. The fraction of sp³-hybridized carbons (Fsp3) is 0.333. The Balaban J connectivity index is 2.23. The van der Waals surface area contributed by atoms with E-state index in [4.69, 9.17) is 9.57 Å². The fourth-order valence-electron chi connectivity index (χ4n) is 1.78. The second-order valence-corrected chi connectivity index (χ2v) is 4.76. The average molecular weight is 260 g/mol. The highest BCUT2D eigenvalue weighted by Crippen LogP contribution is 2.11. The summed E-state index contributed by atoms with van der Waals surface area (Å²) in [5.41, 5.74) is -1.02. The smallest absolute Gasteiger partial charge is 0.357 e. The molecule has 100 valence electrons.